The number of ether oxygens (including phenoxy) is 1. The Balaban J connectivity index is 0.00000364. The standard InChI is InChI=1S/C16H24N4O5S.ClH/c1-25-8-7-18-5-6-19-16(22)12-9-15(21)20(11-12)13-3-2-4-14(10-13)26(17,23)24;/h2-4,10,12,18H,5-9,11H2,1H3,(H,19,22)(H2,17,23,24);1H. The number of rotatable bonds is 9. The summed E-state index contributed by atoms with van der Waals surface area (Å²) in [4.78, 5) is 25.8. The van der Waals surface area contributed by atoms with Gasteiger partial charge < -0.3 is 20.3 Å². The topological polar surface area (TPSA) is 131 Å². The summed E-state index contributed by atoms with van der Waals surface area (Å²) in [5.74, 6) is -0.897. The number of hydrogen-bond acceptors (Lipinski definition) is 6. The first kappa shape index (κ1) is 23.3. The molecular weight excluding hydrogens is 396 g/mol. The average Bonchev–Trinajstić information content (AvgIpc) is 2.99. The molecule has 0 bridgehead atoms. The molecule has 1 atom stereocenters. The van der Waals surface area contributed by atoms with E-state index in [1.807, 2.05) is 0 Å². The lowest BCUT2D eigenvalue weighted by atomic mass is 10.1. The van der Waals surface area contributed by atoms with Crippen LogP contribution in [0, 0.1) is 5.92 Å². The fourth-order valence-electron chi connectivity index (χ4n) is 2.68. The Morgan fingerprint density at radius 2 is 2.07 bits per heavy atom. The third kappa shape index (κ3) is 6.74. The van der Waals surface area contributed by atoms with Gasteiger partial charge in [-0.2, -0.15) is 0 Å². The molecule has 4 N–H and O–H groups in total. The van der Waals surface area contributed by atoms with E-state index in [0.717, 1.165) is 0 Å². The summed E-state index contributed by atoms with van der Waals surface area (Å²) in [6.07, 6.45) is 0.0859. The predicted octanol–water partition coefficient (Wildman–Crippen LogP) is -0.539. The number of sulfonamides is 1. The Morgan fingerprint density at radius 1 is 1.33 bits per heavy atom. The van der Waals surface area contributed by atoms with E-state index in [0.29, 0.717) is 31.9 Å². The molecule has 1 fully saturated rings. The zero-order valence-electron chi connectivity index (χ0n) is 15.0. The van der Waals surface area contributed by atoms with Gasteiger partial charge in [0.25, 0.3) is 0 Å². The minimum atomic E-state index is -3.86. The van der Waals surface area contributed by atoms with Crippen LogP contribution in [0.25, 0.3) is 0 Å². The maximum atomic E-state index is 12.2. The highest BCUT2D eigenvalue weighted by Crippen LogP contribution is 2.26. The lowest BCUT2D eigenvalue weighted by Gasteiger charge is -2.17. The summed E-state index contributed by atoms with van der Waals surface area (Å²) in [5.41, 5.74) is 0.415. The van der Waals surface area contributed by atoms with E-state index in [9.17, 15) is 18.0 Å². The van der Waals surface area contributed by atoms with Crippen LogP contribution in [0.5, 0.6) is 0 Å². The van der Waals surface area contributed by atoms with E-state index >= 15 is 0 Å². The maximum absolute atomic E-state index is 12.2. The summed E-state index contributed by atoms with van der Waals surface area (Å²) in [5, 5.41) is 11.0. The molecular formula is C16H25ClN4O5S. The molecule has 1 unspecified atom stereocenters. The second kappa shape index (κ2) is 10.6. The predicted molar refractivity (Wildman–Crippen MR) is 103 cm³/mol. The summed E-state index contributed by atoms with van der Waals surface area (Å²) in [6.45, 7) is 2.56. The van der Waals surface area contributed by atoms with E-state index in [2.05, 4.69) is 10.6 Å². The lowest BCUT2D eigenvalue weighted by Crippen LogP contribution is -2.37. The SMILES string of the molecule is COCCNCCNC(=O)C1CC(=O)N(c2cccc(S(N)(=O)=O)c2)C1.Cl. The minimum Gasteiger partial charge on any atom is -0.383 e. The molecule has 0 spiro atoms. The van der Waals surface area contributed by atoms with Crippen molar-refractivity contribution in [1.29, 1.82) is 0 Å². The Bertz CT molecular complexity index is 759. The third-order valence-electron chi connectivity index (χ3n) is 4.04. The van der Waals surface area contributed by atoms with Gasteiger partial charge in [-0.3, -0.25) is 9.59 Å². The van der Waals surface area contributed by atoms with Gasteiger partial charge in [-0.25, -0.2) is 13.6 Å². The molecule has 1 aromatic carbocycles. The van der Waals surface area contributed by atoms with E-state index in [1.54, 1.807) is 13.2 Å². The first-order chi connectivity index (χ1) is 12.3. The normalized spacial score (nSPS) is 16.9. The fraction of sp³-hybridized carbons (Fsp3) is 0.500. The number of anilines is 1. The van der Waals surface area contributed by atoms with Crippen LogP contribution in [-0.2, 0) is 24.3 Å². The van der Waals surface area contributed by atoms with Crippen molar-refractivity contribution in [3.05, 3.63) is 24.3 Å². The summed E-state index contributed by atoms with van der Waals surface area (Å²) >= 11 is 0. The Labute approximate surface area is 165 Å². The van der Waals surface area contributed by atoms with E-state index < -0.39 is 15.9 Å². The lowest BCUT2D eigenvalue weighted by molar-refractivity contribution is -0.126. The van der Waals surface area contributed by atoms with E-state index in [4.69, 9.17) is 9.88 Å². The van der Waals surface area contributed by atoms with Gasteiger partial charge in [0.05, 0.1) is 17.4 Å². The first-order valence-electron chi connectivity index (χ1n) is 8.23. The molecule has 27 heavy (non-hydrogen) atoms. The number of amides is 2. The van der Waals surface area contributed by atoms with Gasteiger partial charge in [-0.05, 0) is 18.2 Å². The molecule has 1 aliphatic heterocycles. The highest BCUT2D eigenvalue weighted by molar-refractivity contribution is 7.89. The average molecular weight is 421 g/mol. The van der Waals surface area contributed by atoms with Crippen molar-refractivity contribution < 1.29 is 22.7 Å². The third-order valence-corrected chi connectivity index (χ3v) is 4.95. The smallest absolute Gasteiger partial charge is 0.238 e. The molecule has 9 nitrogen and oxygen atoms in total. The van der Waals surface area contributed by atoms with Gasteiger partial charge in [0.1, 0.15) is 0 Å². The highest BCUT2D eigenvalue weighted by atomic mass is 35.5. The minimum absolute atomic E-state index is 0. The molecule has 0 saturated carbocycles. The number of carbonyl (C=O) groups is 2. The Morgan fingerprint density at radius 3 is 2.74 bits per heavy atom. The summed E-state index contributed by atoms with van der Waals surface area (Å²) < 4.78 is 27.8. The molecule has 0 aliphatic carbocycles. The number of hydrogen-bond donors (Lipinski definition) is 3. The Hall–Kier alpha value is -1.72. The number of primary sulfonamides is 1. The van der Waals surface area contributed by atoms with E-state index in [-0.39, 0.29) is 42.1 Å². The molecule has 1 aliphatic rings. The van der Waals surface area contributed by atoms with Crippen molar-refractivity contribution in [2.75, 3.05) is 44.8 Å². The van der Waals surface area contributed by atoms with Crippen LogP contribution < -0.4 is 20.7 Å². The van der Waals surface area contributed by atoms with Crippen molar-refractivity contribution >= 4 is 39.9 Å². The first-order valence-corrected chi connectivity index (χ1v) is 9.78. The van der Waals surface area contributed by atoms with Crippen LogP contribution in [-0.4, -0.2) is 60.1 Å². The van der Waals surface area contributed by atoms with Crippen molar-refractivity contribution in [2.24, 2.45) is 11.1 Å². The maximum Gasteiger partial charge on any atom is 0.238 e. The molecule has 0 radical (unpaired) electrons. The van der Waals surface area contributed by atoms with E-state index in [1.165, 1.54) is 23.1 Å². The number of carbonyl (C=O) groups excluding carboxylic acids is 2. The number of halogens is 1. The quantitative estimate of drug-likeness (QED) is 0.460. The van der Waals surface area contributed by atoms with Gasteiger partial charge >= 0.3 is 0 Å². The van der Waals surface area contributed by atoms with Crippen molar-refractivity contribution in [3.63, 3.8) is 0 Å². The zero-order valence-corrected chi connectivity index (χ0v) is 16.6. The number of methoxy groups -OCH3 is 1. The molecule has 152 valence electrons. The summed E-state index contributed by atoms with van der Waals surface area (Å²) in [6, 6.07) is 5.83. The summed E-state index contributed by atoms with van der Waals surface area (Å²) in [7, 11) is -2.24. The van der Waals surface area contributed by atoms with Crippen LogP contribution in [0.2, 0.25) is 0 Å². The molecule has 1 saturated heterocycles. The van der Waals surface area contributed by atoms with Crippen molar-refractivity contribution in [3.8, 4) is 0 Å². The van der Waals surface area contributed by atoms with Gasteiger partial charge in [-0.1, -0.05) is 6.07 Å². The second-order valence-corrected chi connectivity index (χ2v) is 7.54. The number of nitrogens with one attached hydrogen (secondary N) is 2. The van der Waals surface area contributed by atoms with Crippen LogP contribution in [0.15, 0.2) is 29.2 Å². The number of benzene rings is 1. The fourth-order valence-corrected chi connectivity index (χ4v) is 3.23. The van der Waals surface area contributed by atoms with Crippen LogP contribution >= 0.6 is 12.4 Å². The molecule has 1 aromatic rings. The Kier molecular flexibility index (Phi) is 9.13. The molecule has 2 amide bonds. The highest BCUT2D eigenvalue weighted by Gasteiger charge is 2.35. The van der Waals surface area contributed by atoms with Crippen molar-refractivity contribution in [2.45, 2.75) is 11.3 Å². The molecule has 0 aromatic heterocycles. The van der Waals surface area contributed by atoms with Gasteiger partial charge in [0.15, 0.2) is 0 Å². The van der Waals surface area contributed by atoms with Crippen LogP contribution in [0.4, 0.5) is 5.69 Å². The number of nitrogens with two attached hydrogens (primary N) is 1. The van der Waals surface area contributed by atoms with Crippen molar-refractivity contribution in [1.82, 2.24) is 10.6 Å². The zero-order chi connectivity index (χ0) is 19.2. The van der Waals surface area contributed by atoms with Gasteiger partial charge in [-0.15, -0.1) is 12.4 Å². The van der Waals surface area contributed by atoms with Gasteiger partial charge in [0.2, 0.25) is 21.8 Å². The van der Waals surface area contributed by atoms with Crippen LogP contribution in [0.3, 0.4) is 0 Å². The molecule has 1 heterocycles. The van der Waals surface area contributed by atoms with Crippen LogP contribution in [0.1, 0.15) is 6.42 Å². The molecule has 2 rings (SSSR count). The number of nitrogens with zero attached hydrogens (tertiary/aromatic N) is 1. The van der Waals surface area contributed by atoms with Gasteiger partial charge in [0, 0.05) is 45.4 Å². The monoisotopic (exact) mass is 420 g/mol. The molecule has 11 heteroatoms. The second-order valence-electron chi connectivity index (χ2n) is 5.98. The largest absolute Gasteiger partial charge is 0.383 e.